The SMILES string of the molecule is CCCCCCCCC/C=C\CCCCCCCCCC(=O)OC(COC(=O)CCC)COC1OC(COC2OC(CO)C(O)C(O)C2O)C(O)C(O)C1O. The summed E-state index contributed by atoms with van der Waals surface area (Å²) in [5.74, 6) is -0.990. The number of rotatable bonds is 30. The molecule has 2 aliphatic heterocycles. The molecule has 11 unspecified atom stereocenters. The first-order chi connectivity index (χ1) is 26.5. The second-order valence-electron chi connectivity index (χ2n) is 14.8. The maximum atomic E-state index is 12.7. The van der Waals surface area contributed by atoms with Gasteiger partial charge in [0.05, 0.1) is 19.8 Å². The molecule has 15 heteroatoms. The molecular weight excluding hydrogens is 720 g/mol. The maximum absolute atomic E-state index is 12.7. The molecule has 0 bridgehead atoms. The van der Waals surface area contributed by atoms with E-state index in [0.29, 0.717) is 12.8 Å². The lowest BCUT2D eigenvalue weighted by Crippen LogP contribution is -2.61. The number of aliphatic hydroxyl groups is 7. The molecule has 2 saturated heterocycles. The Morgan fingerprint density at radius 1 is 0.564 bits per heavy atom. The third kappa shape index (κ3) is 19.5. The van der Waals surface area contributed by atoms with Crippen molar-refractivity contribution in [2.75, 3.05) is 26.4 Å². The second kappa shape index (κ2) is 29.5. The molecule has 2 fully saturated rings. The van der Waals surface area contributed by atoms with Crippen LogP contribution in [0.1, 0.15) is 136 Å². The molecule has 2 aliphatic rings. The fourth-order valence-corrected chi connectivity index (χ4v) is 6.48. The van der Waals surface area contributed by atoms with Crippen molar-refractivity contribution in [2.45, 2.75) is 203 Å². The average Bonchev–Trinajstić information content (AvgIpc) is 3.17. The summed E-state index contributed by atoms with van der Waals surface area (Å²) in [6, 6.07) is 0. The molecule has 2 rings (SSSR count). The Bertz CT molecular complexity index is 1030. The molecular formula is C40H72O15. The van der Waals surface area contributed by atoms with Gasteiger partial charge in [0.2, 0.25) is 0 Å². The summed E-state index contributed by atoms with van der Waals surface area (Å²) in [7, 11) is 0. The van der Waals surface area contributed by atoms with Gasteiger partial charge in [-0.05, 0) is 38.5 Å². The minimum atomic E-state index is -1.76. The topological polar surface area (TPSA) is 231 Å². The predicted octanol–water partition coefficient (Wildman–Crippen LogP) is 3.09. The number of unbranched alkanes of at least 4 members (excludes halogenated alkanes) is 14. The summed E-state index contributed by atoms with van der Waals surface area (Å²) >= 11 is 0. The molecule has 0 aromatic carbocycles. The lowest BCUT2D eigenvalue weighted by Gasteiger charge is -2.42. The van der Waals surface area contributed by atoms with Crippen LogP contribution in [0.2, 0.25) is 0 Å². The number of allylic oxidation sites excluding steroid dienone is 2. The van der Waals surface area contributed by atoms with E-state index in [4.69, 9.17) is 28.4 Å². The Kier molecular flexibility index (Phi) is 26.4. The lowest BCUT2D eigenvalue weighted by molar-refractivity contribution is -0.332. The van der Waals surface area contributed by atoms with Crippen molar-refractivity contribution in [3.63, 3.8) is 0 Å². The number of aliphatic hydroxyl groups excluding tert-OH is 7. The van der Waals surface area contributed by atoms with E-state index >= 15 is 0 Å². The molecule has 0 spiro atoms. The van der Waals surface area contributed by atoms with Gasteiger partial charge in [-0.3, -0.25) is 9.59 Å². The molecule has 0 radical (unpaired) electrons. The van der Waals surface area contributed by atoms with Crippen molar-refractivity contribution < 1.29 is 73.8 Å². The Balaban J connectivity index is 1.72. The molecule has 2 heterocycles. The summed E-state index contributed by atoms with van der Waals surface area (Å²) in [6.45, 7) is 2.16. The fraction of sp³-hybridized carbons (Fsp3) is 0.900. The molecule has 7 N–H and O–H groups in total. The minimum absolute atomic E-state index is 0.160. The van der Waals surface area contributed by atoms with Crippen LogP contribution in [0.25, 0.3) is 0 Å². The highest BCUT2D eigenvalue weighted by Gasteiger charge is 2.47. The highest BCUT2D eigenvalue weighted by atomic mass is 16.7. The molecule has 15 nitrogen and oxygen atoms in total. The van der Waals surface area contributed by atoms with Gasteiger partial charge in [-0.1, -0.05) is 96.6 Å². The normalized spacial score (nSPS) is 29.0. The van der Waals surface area contributed by atoms with Gasteiger partial charge in [0.1, 0.15) is 55.4 Å². The fourth-order valence-electron chi connectivity index (χ4n) is 6.48. The van der Waals surface area contributed by atoms with E-state index in [2.05, 4.69) is 19.1 Å². The van der Waals surface area contributed by atoms with Crippen LogP contribution in [0.15, 0.2) is 12.2 Å². The van der Waals surface area contributed by atoms with E-state index in [1.807, 2.05) is 6.92 Å². The highest BCUT2D eigenvalue weighted by molar-refractivity contribution is 5.70. The highest BCUT2D eigenvalue weighted by Crippen LogP contribution is 2.26. The van der Waals surface area contributed by atoms with Gasteiger partial charge in [-0.15, -0.1) is 0 Å². The quantitative estimate of drug-likeness (QED) is 0.0315. The largest absolute Gasteiger partial charge is 0.462 e. The molecule has 11 atom stereocenters. The van der Waals surface area contributed by atoms with Crippen LogP contribution in [0, 0.1) is 0 Å². The molecule has 0 saturated carbocycles. The van der Waals surface area contributed by atoms with Gasteiger partial charge in [0, 0.05) is 12.8 Å². The first-order valence-corrected chi connectivity index (χ1v) is 20.8. The maximum Gasteiger partial charge on any atom is 0.306 e. The van der Waals surface area contributed by atoms with Crippen molar-refractivity contribution in [3.05, 3.63) is 12.2 Å². The summed E-state index contributed by atoms with van der Waals surface area (Å²) in [4.78, 5) is 24.8. The van der Waals surface area contributed by atoms with Gasteiger partial charge >= 0.3 is 11.9 Å². The van der Waals surface area contributed by atoms with E-state index in [1.54, 1.807) is 0 Å². The number of ether oxygens (including phenoxy) is 6. The smallest absolute Gasteiger partial charge is 0.306 e. The van der Waals surface area contributed by atoms with Crippen LogP contribution in [0.5, 0.6) is 0 Å². The molecule has 0 aromatic heterocycles. The summed E-state index contributed by atoms with van der Waals surface area (Å²) in [6.07, 6.45) is 7.44. The summed E-state index contributed by atoms with van der Waals surface area (Å²) in [5, 5.41) is 71.2. The number of carbonyl (C=O) groups is 2. The van der Waals surface area contributed by atoms with Crippen LogP contribution in [-0.2, 0) is 38.0 Å². The number of hydrogen-bond acceptors (Lipinski definition) is 15. The first-order valence-electron chi connectivity index (χ1n) is 20.8. The molecule has 0 amide bonds. The van der Waals surface area contributed by atoms with Crippen LogP contribution < -0.4 is 0 Å². The minimum Gasteiger partial charge on any atom is -0.462 e. The molecule has 0 aliphatic carbocycles. The monoisotopic (exact) mass is 792 g/mol. The van der Waals surface area contributed by atoms with Crippen LogP contribution in [-0.4, -0.2) is 142 Å². The zero-order valence-corrected chi connectivity index (χ0v) is 33.2. The van der Waals surface area contributed by atoms with Gasteiger partial charge in [-0.25, -0.2) is 0 Å². The molecule has 0 aromatic rings. The summed E-state index contributed by atoms with van der Waals surface area (Å²) in [5.41, 5.74) is 0. The van der Waals surface area contributed by atoms with E-state index < -0.39 is 92.7 Å². The van der Waals surface area contributed by atoms with E-state index in [0.717, 1.165) is 32.1 Å². The van der Waals surface area contributed by atoms with Gasteiger partial charge in [0.25, 0.3) is 0 Å². The van der Waals surface area contributed by atoms with Gasteiger partial charge in [-0.2, -0.15) is 0 Å². The summed E-state index contributed by atoms with van der Waals surface area (Å²) < 4.78 is 32.9. The number of hydrogen-bond donors (Lipinski definition) is 7. The zero-order chi connectivity index (χ0) is 40.4. The Hall–Kier alpha value is -1.76. The molecule has 322 valence electrons. The third-order valence-electron chi connectivity index (χ3n) is 9.96. The Morgan fingerprint density at radius 3 is 1.64 bits per heavy atom. The standard InChI is InChI=1S/C40H72O15/c1-3-5-6-7-8-9-10-11-12-13-14-15-16-17-18-19-20-21-23-32(43)53-28(25-50-31(42)22-4-2)26-51-39-38(49)36(47)34(45)30(55-39)27-52-40-37(48)35(46)33(44)29(24-41)54-40/h12-13,28-30,33-41,44-49H,3-11,14-27H2,1-2H3/b13-12-. The number of carbonyl (C=O) groups excluding carboxylic acids is 2. The van der Waals surface area contributed by atoms with E-state index in [1.165, 1.54) is 64.2 Å². The van der Waals surface area contributed by atoms with Gasteiger partial charge in [0.15, 0.2) is 18.7 Å². The zero-order valence-electron chi connectivity index (χ0n) is 33.2. The van der Waals surface area contributed by atoms with Crippen molar-refractivity contribution in [1.29, 1.82) is 0 Å². The Labute approximate surface area is 327 Å². The van der Waals surface area contributed by atoms with E-state index in [9.17, 15) is 45.3 Å². The third-order valence-corrected chi connectivity index (χ3v) is 9.96. The van der Waals surface area contributed by atoms with Crippen molar-refractivity contribution in [3.8, 4) is 0 Å². The van der Waals surface area contributed by atoms with Crippen molar-refractivity contribution >= 4 is 11.9 Å². The predicted molar refractivity (Wildman–Crippen MR) is 201 cm³/mol. The van der Waals surface area contributed by atoms with Crippen LogP contribution in [0.4, 0.5) is 0 Å². The first kappa shape index (κ1) is 49.4. The van der Waals surface area contributed by atoms with Crippen LogP contribution in [0.3, 0.4) is 0 Å². The Morgan fingerprint density at radius 2 is 1.07 bits per heavy atom. The molecule has 55 heavy (non-hydrogen) atoms. The number of esters is 2. The van der Waals surface area contributed by atoms with Gasteiger partial charge < -0.3 is 64.2 Å². The van der Waals surface area contributed by atoms with Crippen molar-refractivity contribution in [2.24, 2.45) is 0 Å². The lowest BCUT2D eigenvalue weighted by atomic mass is 9.98. The van der Waals surface area contributed by atoms with E-state index in [-0.39, 0.29) is 26.1 Å². The van der Waals surface area contributed by atoms with Crippen molar-refractivity contribution in [1.82, 2.24) is 0 Å². The average molecular weight is 793 g/mol. The second-order valence-corrected chi connectivity index (χ2v) is 14.8. The van der Waals surface area contributed by atoms with Crippen LogP contribution >= 0.6 is 0 Å².